The van der Waals surface area contributed by atoms with E-state index in [1.165, 1.54) is 0 Å². The lowest BCUT2D eigenvalue weighted by molar-refractivity contribution is -0.120. The van der Waals surface area contributed by atoms with Gasteiger partial charge in [0.2, 0.25) is 5.91 Å². The van der Waals surface area contributed by atoms with Gasteiger partial charge in [0.05, 0.1) is 0 Å². The molecule has 1 aromatic carbocycles. The van der Waals surface area contributed by atoms with E-state index < -0.39 is 0 Å². The third-order valence-corrected chi connectivity index (χ3v) is 3.28. The summed E-state index contributed by atoms with van der Waals surface area (Å²) in [6, 6.07) is 7.41. The van der Waals surface area contributed by atoms with Crippen LogP contribution in [0.25, 0.3) is 0 Å². The molecule has 4 nitrogen and oxygen atoms in total. The van der Waals surface area contributed by atoms with Crippen LogP contribution < -0.4 is 15.8 Å². The number of unbranched alkanes of at least 4 members (excludes halogenated alkanes) is 1. The highest BCUT2D eigenvalue weighted by Gasteiger charge is 2.15. The van der Waals surface area contributed by atoms with Crippen molar-refractivity contribution in [1.29, 1.82) is 0 Å². The van der Waals surface area contributed by atoms with Crippen LogP contribution in [0.1, 0.15) is 39.5 Å². The summed E-state index contributed by atoms with van der Waals surface area (Å²) in [4.78, 5) is 12.1. The second-order valence-electron chi connectivity index (χ2n) is 4.90. The molecule has 1 rings (SSSR count). The Labute approximate surface area is 133 Å². The van der Waals surface area contributed by atoms with Gasteiger partial charge in [-0.25, -0.2) is 0 Å². The Bertz CT molecular complexity index is 396. The Balaban J connectivity index is 0.00000400. The van der Waals surface area contributed by atoms with Crippen LogP contribution in [0.15, 0.2) is 24.3 Å². The number of carbonyl (C=O) groups excluding carboxylic acids is 1. The van der Waals surface area contributed by atoms with Gasteiger partial charge in [-0.15, -0.1) is 12.4 Å². The van der Waals surface area contributed by atoms with Crippen LogP contribution in [0.4, 0.5) is 5.69 Å². The number of amides is 1. The molecular weight excluding hydrogens is 288 g/mol. The first-order chi connectivity index (χ1) is 9.71. The van der Waals surface area contributed by atoms with Crippen molar-refractivity contribution in [2.75, 3.05) is 18.5 Å². The zero-order valence-electron chi connectivity index (χ0n) is 12.9. The van der Waals surface area contributed by atoms with E-state index in [4.69, 9.17) is 10.5 Å². The number of benzene rings is 1. The van der Waals surface area contributed by atoms with Crippen molar-refractivity contribution in [3.8, 4) is 5.75 Å². The maximum atomic E-state index is 12.1. The molecule has 1 unspecified atom stereocenters. The van der Waals surface area contributed by atoms with E-state index in [0.29, 0.717) is 13.2 Å². The third-order valence-electron chi connectivity index (χ3n) is 3.28. The molecular formula is C16H27ClN2O2. The molecule has 1 amide bonds. The average Bonchev–Trinajstić information content (AvgIpc) is 2.47. The molecule has 0 spiro atoms. The Kier molecular flexibility index (Phi) is 10.7. The van der Waals surface area contributed by atoms with Crippen molar-refractivity contribution in [2.45, 2.75) is 39.5 Å². The summed E-state index contributed by atoms with van der Waals surface area (Å²) in [5.74, 6) is 0.978. The zero-order chi connectivity index (χ0) is 14.8. The summed E-state index contributed by atoms with van der Waals surface area (Å²) in [5, 5.41) is 2.97. The maximum Gasteiger partial charge on any atom is 0.227 e. The summed E-state index contributed by atoms with van der Waals surface area (Å²) < 4.78 is 5.40. The lowest BCUT2D eigenvalue weighted by atomic mass is 9.98. The first-order valence-corrected chi connectivity index (χ1v) is 7.45. The molecule has 0 fully saturated rings. The number of halogens is 1. The van der Waals surface area contributed by atoms with Gasteiger partial charge >= 0.3 is 0 Å². The van der Waals surface area contributed by atoms with Crippen LogP contribution >= 0.6 is 12.4 Å². The maximum absolute atomic E-state index is 12.1. The molecule has 0 aromatic heterocycles. The summed E-state index contributed by atoms with van der Waals surface area (Å²) in [7, 11) is 0. The standard InChI is InChI=1S/C16H26N2O2.ClH/c1-3-5-6-13(4-2)16(19)18-14-7-9-15(10-8-14)20-12-11-17;/h7-10,13H,3-6,11-12,17H2,1-2H3,(H,18,19);1H. The van der Waals surface area contributed by atoms with Gasteiger partial charge < -0.3 is 15.8 Å². The summed E-state index contributed by atoms with van der Waals surface area (Å²) in [5.41, 5.74) is 6.19. The van der Waals surface area contributed by atoms with Crippen molar-refractivity contribution < 1.29 is 9.53 Å². The normalized spacial score (nSPS) is 11.4. The highest BCUT2D eigenvalue weighted by molar-refractivity contribution is 5.92. The highest BCUT2D eigenvalue weighted by atomic mass is 35.5. The summed E-state index contributed by atoms with van der Waals surface area (Å²) in [6.07, 6.45) is 4.05. The van der Waals surface area contributed by atoms with E-state index in [9.17, 15) is 4.79 Å². The van der Waals surface area contributed by atoms with E-state index in [2.05, 4.69) is 19.2 Å². The molecule has 21 heavy (non-hydrogen) atoms. The van der Waals surface area contributed by atoms with Gasteiger partial charge in [-0.05, 0) is 37.1 Å². The highest BCUT2D eigenvalue weighted by Crippen LogP contribution is 2.19. The predicted octanol–water partition coefficient (Wildman–Crippen LogP) is 3.60. The molecule has 0 aliphatic heterocycles. The Hall–Kier alpha value is -1.26. The van der Waals surface area contributed by atoms with E-state index >= 15 is 0 Å². The molecule has 5 heteroatoms. The van der Waals surface area contributed by atoms with Gasteiger partial charge in [0.15, 0.2) is 0 Å². The minimum absolute atomic E-state index is 0. The number of nitrogens with one attached hydrogen (secondary N) is 1. The van der Waals surface area contributed by atoms with E-state index in [0.717, 1.165) is 37.1 Å². The van der Waals surface area contributed by atoms with Crippen LogP contribution in [-0.4, -0.2) is 19.1 Å². The van der Waals surface area contributed by atoms with Gasteiger partial charge in [0, 0.05) is 18.2 Å². The van der Waals surface area contributed by atoms with Gasteiger partial charge in [-0.3, -0.25) is 4.79 Å². The number of hydrogen-bond acceptors (Lipinski definition) is 3. The van der Waals surface area contributed by atoms with Gasteiger partial charge in [0.25, 0.3) is 0 Å². The molecule has 1 atom stereocenters. The number of hydrogen-bond donors (Lipinski definition) is 2. The summed E-state index contributed by atoms with van der Waals surface area (Å²) in [6.45, 7) is 5.20. The van der Waals surface area contributed by atoms with Crippen molar-refractivity contribution in [2.24, 2.45) is 11.7 Å². The molecule has 3 N–H and O–H groups in total. The van der Waals surface area contributed by atoms with Gasteiger partial charge in [0.1, 0.15) is 12.4 Å². The number of anilines is 1. The topological polar surface area (TPSA) is 64.3 Å². The number of nitrogens with two attached hydrogens (primary N) is 1. The molecule has 0 saturated heterocycles. The van der Waals surface area contributed by atoms with Crippen molar-refractivity contribution in [1.82, 2.24) is 0 Å². The van der Waals surface area contributed by atoms with E-state index in [-0.39, 0.29) is 24.2 Å². The lowest BCUT2D eigenvalue weighted by Crippen LogP contribution is -2.22. The Morgan fingerprint density at radius 3 is 2.48 bits per heavy atom. The number of carbonyl (C=O) groups is 1. The molecule has 0 heterocycles. The van der Waals surface area contributed by atoms with Gasteiger partial charge in [-0.2, -0.15) is 0 Å². The molecule has 120 valence electrons. The van der Waals surface area contributed by atoms with E-state index in [1.54, 1.807) is 0 Å². The molecule has 0 radical (unpaired) electrons. The minimum atomic E-state index is 0. The number of ether oxygens (including phenoxy) is 1. The molecule has 0 aliphatic carbocycles. The molecule has 0 saturated carbocycles. The second kappa shape index (κ2) is 11.4. The van der Waals surface area contributed by atoms with Crippen molar-refractivity contribution in [3.63, 3.8) is 0 Å². The van der Waals surface area contributed by atoms with Crippen LogP contribution in [0.3, 0.4) is 0 Å². The van der Waals surface area contributed by atoms with Gasteiger partial charge in [-0.1, -0.05) is 26.7 Å². The third kappa shape index (κ3) is 7.34. The summed E-state index contributed by atoms with van der Waals surface area (Å²) >= 11 is 0. The van der Waals surface area contributed by atoms with Crippen LogP contribution in [0, 0.1) is 5.92 Å². The van der Waals surface area contributed by atoms with Crippen LogP contribution in [0.2, 0.25) is 0 Å². The predicted molar refractivity (Wildman–Crippen MR) is 90.2 cm³/mol. The van der Waals surface area contributed by atoms with Crippen molar-refractivity contribution >= 4 is 24.0 Å². The van der Waals surface area contributed by atoms with Crippen LogP contribution in [0.5, 0.6) is 5.75 Å². The quantitative estimate of drug-likeness (QED) is 0.732. The number of rotatable bonds is 9. The molecule has 0 aliphatic rings. The molecule has 1 aromatic rings. The first kappa shape index (κ1) is 19.7. The van der Waals surface area contributed by atoms with Crippen LogP contribution in [-0.2, 0) is 4.79 Å². The largest absolute Gasteiger partial charge is 0.492 e. The Morgan fingerprint density at radius 2 is 1.95 bits per heavy atom. The molecule has 0 bridgehead atoms. The average molecular weight is 315 g/mol. The Morgan fingerprint density at radius 1 is 1.29 bits per heavy atom. The SMILES string of the molecule is CCCCC(CC)C(=O)Nc1ccc(OCCN)cc1.Cl. The second-order valence-corrected chi connectivity index (χ2v) is 4.90. The lowest BCUT2D eigenvalue weighted by Gasteiger charge is -2.14. The fraction of sp³-hybridized carbons (Fsp3) is 0.562. The minimum Gasteiger partial charge on any atom is -0.492 e. The smallest absolute Gasteiger partial charge is 0.227 e. The zero-order valence-corrected chi connectivity index (χ0v) is 13.7. The first-order valence-electron chi connectivity index (χ1n) is 7.45. The van der Waals surface area contributed by atoms with E-state index in [1.807, 2.05) is 24.3 Å². The monoisotopic (exact) mass is 314 g/mol. The fourth-order valence-corrected chi connectivity index (χ4v) is 2.03. The fourth-order valence-electron chi connectivity index (χ4n) is 2.03. The van der Waals surface area contributed by atoms with Crippen molar-refractivity contribution in [3.05, 3.63) is 24.3 Å².